The molecule has 5 aromatic rings. The molecule has 1 aliphatic rings. The summed E-state index contributed by atoms with van der Waals surface area (Å²) in [5.41, 5.74) is 3.04. The molecular formula is C33H31F3N6O2. The molecule has 3 aromatic heterocycles. The fourth-order valence-electron chi connectivity index (χ4n) is 5.55. The van der Waals surface area contributed by atoms with Crippen molar-refractivity contribution in [1.29, 1.82) is 0 Å². The Balaban J connectivity index is 1.55. The Bertz CT molecular complexity index is 1800. The second kappa shape index (κ2) is 11.7. The number of hydrogen-bond acceptors (Lipinski definition) is 6. The van der Waals surface area contributed by atoms with Gasteiger partial charge in [-0.05, 0) is 65.6 Å². The monoisotopic (exact) mass is 600 g/mol. The maximum absolute atomic E-state index is 13.3. The van der Waals surface area contributed by atoms with E-state index in [0.29, 0.717) is 34.3 Å². The van der Waals surface area contributed by atoms with Gasteiger partial charge in [0, 0.05) is 12.7 Å². The van der Waals surface area contributed by atoms with E-state index in [4.69, 9.17) is 4.98 Å². The van der Waals surface area contributed by atoms with E-state index in [2.05, 4.69) is 34.1 Å². The van der Waals surface area contributed by atoms with E-state index in [1.807, 2.05) is 42.5 Å². The van der Waals surface area contributed by atoms with Crippen LogP contribution in [-0.4, -0.2) is 35.6 Å². The molecule has 6 rings (SSSR count). The maximum atomic E-state index is 13.3. The molecule has 0 saturated heterocycles. The molecule has 1 aliphatic carbocycles. The van der Waals surface area contributed by atoms with Crippen molar-refractivity contribution in [2.24, 2.45) is 5.92 Å². The number of aromatic nitrogens is 5. The summed E-state index contributed by atoms with van der Waals surface area (Å²) in [5, 5.41) is 13.5. The first kappa shape index (κ1) is 29.3. The zero-order valence-corrected chi connectivity index (χ0v) is 24.2. The fraction of sp³-hybridized carbons (Fsp3) is 0.303. The minimum atomic E-state index is -4.46. The first-order valence-corrected chi connectivity index (χ1v) is 14.5. The third kappa shape index (κ3) is 5.86. The van der Waals surface area contributed by atoms with Crippen LogP contribution in [0.5, 0.6) is 0 Å². The molecule has 0 amide bonds. The predicted molar refractivity (Wildman–Crippen MR) is 160 cm³/mol. The average molecular weight is 601 g/mol. The fourth-order valence-corrected chi connectivity index (χ4v) is 5.55. The molecular weight excluding hydrogens is 569 g/mol. The average Bonchev–Trinajstić information content (AvgIpc) is 3.34. The van der Waals surface area contributed by atoms with Crippen molar-refractivity contribution in [2.75, 3.05) is 5.32 Å². The molecule has 0 aliphatic heterocycles. The van der Waals surface area contributed by atoms with Crippen LogP contribution in [-0.2, 0) is 12.7 Å². The van der Waals surface area contributed by atoms with Crippen molar-refractivity contribution in [3.63, 3.8) is 0 Å². The van der Waals surface area contributed by atoms with Gasteiger partial charge in [0.25, 0.3) is 0 Å². The normalized spacial score (nSPS) is 14.5. The van der Waals surface area contributed by atoms with Crippen molar-refractivity contribution < 1.29 is 23.1 Å². The Hall–Kier alpha value is -4.80. The van der Waals surface area contributed by atoms with E-state index < -0.39 is 23.5 Å². The molecule has 2 aromatic carbocycles. The molecule has 0 radical (unpaired) electrons. The van der Waals surface area contributed by atoms with Gasteiger partial charge < -0.3 is 15.0 Å². The highest BCUT2D eigenvalue weighted by atomic mass is 19.4. The van der Waals surface area contributed by atoms with E-state index in [-0.39, 0.29) is 24.2 Å². The van der Waals surface area contributed by atoms with Crippen LogP contribution in [0.2, 0.25) is 0 Å². The van der Waals surface area contributed by atoms with Gasteiger partial charge in [-0.15, -0.1) is 0 Å². The van der Waals surface area contributed by atoms with Crippen LogP contribution in [0.3, 0.4) is 0 Å². The molecule has 1 unspecified atom stereocenters. The molecule has 0 bridgehead atoms. The van der Waals surface area contributed by atoms with Crippen molar-refractivity contribution in [3.05, 3.63) is 101 Å². The van der Waals surface area contributed by atoms with Gasteiger partial charge in [0.05, 0.1) is 11.6 Å². The quantitative estimate of drug-likeness (QED) is 0.178. The number of aromatic carboxylic acids is 1. The molecule has 1 fully saturated rings. The maximum Gasteiger partial charge on any atom is 0.416 e. The lowest BCUT2D eigenvalue weighted by atomic mass is 9.77. The van der Waals surface area contributed by atoms with Crippen molar-refractivity contribution in [1.82, 2.24) is 24.5 Å². The molecule has 44 heavy (non-hydrogen) atoms. The number of anilines is 1. The number of alkyl halides is 3. The minimum Gasteiger partial charge on any atom is -0.475 e. The summed E-state index contributed by atoms with van der Waals surface area (Å²) in [5.74, 6) is -0.496. The molecule has 11 heteroatoms. The molecule has 2 N–H and O–H groups in total. The van der Waals surface area contributed by atoms with Crippen LogP contribution >= 0.6 is 0 Å². The Labute approximate surface area is 252 Å². The predicted octanol–water partition coefficient (Wildman–Crippen LogP) is 7.73. The van der Waals surface area contributed by atoms with E-state index in [1.54, 1.807) is 10.8 Å². The highest BCUT2D eigenvalue weighted by molar-refractivity contribution is 5.92. The van der Waals surface area contributed by atoms with Gasteiger partial charge in [-0.25, -0.2) is 19.7 Å². The Morgan fingerprint density at radius 2 is 1.73 bits per heavy atom. The summed E-state index contributed by atoms with van der Waals surface area (Å²) in [6.07, 6.45) is 0.340. The summed E-state index contributed by atoms with van der Waals surface area (Å²) in [7, 11) is 0. The lowest BCUT2D eigenvalue weighted by Crippen LogP contribution is -2.27. The molecule has 3 heterocycles. The number of carboxylic acid groups (broad SMARTS) is 1. The molecule has 0 spiro atoms. The van der Waals surface area contributed by atoms with Crippen LogP contribution in [0.25, 0.3) is 22.7 Å². The van der Waals surface area contributed by atoms with Crippen LogP contribution in [0, 0.1) is 5.92 Å². The number of hydrogen-bond donors (Lipinski definition) is 2. The first-order chi connectivity index (χ1) is 21.1. The second-order valence-corrected chi connectivity index (χ2v) is 11.4. The first-order valence-electron chi connectivity index (χ1n) is 14.5. The van der Waals surface area contributed by atoms with Crippen LogP contribution in [0.1, 0.15) is 77.9 Å². The van der Waals surface area contributed by atoms with Gasteiger partial charge in [0.15, 0.2) is 17.3 Å². The Kier molecular flexibility index (Phi) is 7.79. The number of carbonyl (C=O) groups is 1. The topological polar surface area (TPSA) is 106 Å². The van der Waals surface area contributed by atoms with Gasteiger partial charge in [-0.2, -0.15) is 13.2 Å². The number of carboxylic acids is 1. The smallest absolute Gasteiger partial charge is 0.416 e. The van der Waals surface area contributed by atoms with Crippen molar-refractivity contribution in [2.45, 2.75) is 57.8 Å². The lowest BCUT2D eigenvalue weighted by Gasteiger charge is -2.35. The SMILES string of the molecule is CC(C)c1ccnc(-c2nc3nc(C(=O)O)nc(NC(c4ccccc4)C4CCC4)c3n2Cc2ccc(C(F)(F)F)cc2)c1. The zero-order chi connectivity index (χ0) is 31.0. The Morgan fingerprint density at radius 3 is 2.34 bits per heavy atom. The Morgan fingerprint density at radius 1 is 1.00 bits per heavy atom. The third-order valence-corrected chi connectivity index (χ3v) is 8.17. The van der Waals surface area contributed by atoms with Gasteiger partial charge in [-0.3, -0.25) is 4.98 Å². The number of fused-ring (bicyclic) bond motifs is 1. The van der Waals surface area contributed by atoms with Crippen LogP contribution in [0.4, 0.5) is 19.0 Å². The standard InChI is InChI=1S/C33H31F3N6O2/c1-19(2)23-15-16-37-25(17-23)31-41-29-27(42(31)18-20-11-13-24(14-12-20)33(34,35)36)28(39-30(40-29)32(43)44)38-26(22-9-6-10-22)21-7-4-3-5-8-21/h3-5,7-8,11-17,19,22,26H,6,9-10,18H2,1-2H3,(H,43,44)(H,38,39,40). The van der Waals surface area contributed by atoms with Gasteiger partial charge in [0.2, 0.25) is 5.82 Å². The number of pyridine rings is 1. The van der Waals surface area contributed by atoms with Gasteiger partial charge in [-0.1, -0.05) is 62.7 Å². The summed E-state index contributed by atoms with van der Waals surface area (Å²) in [6, 6.07) is 18.5. The van der Waals surface area contributed by atoms with Crippen molar-refractivity contribution in [3.8, 4) is 11.5 Å². The van der Waals surface area contributed by atoms with Crippen molar-refractivity contribution >= 4 is 23.0 Å². The number of benzene rings is 2. The highest BCUT2D eigenvalue weighted by Gasteiger charge is 2.32. The summed E-state index contributed by atoms with van der Waals surface area (Å²) in [4.78, 5) is 30.2. The third-order valence-electron chi connectivity index (χ3n) is 8.17. The van der Waals surface area contributed by atoms with Gasteiger partial charge in [0.1, 0.15) is 11.2 Å². The molecule has 1 saturated carbocycles. The summed E-state index contributed by atoms with van der Waals surface area (Å²) in [6.45, 7) is 4.24. The highest BCUT2D eigenvalue weighted by Crippen LogP contribution is 2.41. The van der Waals surface area contributed by atoms with E-state index in [1.165, 1.54) is 12.1 Å². The number of nitrogens with one attached hydrogen (secondary N) is 1. The van der Waals surface area contributed by atoms with E-state index >= 15 is 0 Å². The van der Waals surface area contributed by atoms with E-state index in [9.17, 15) is 23.1 Å². The largest absolute Gasteiger partial charge is 0.475 e. The molecule has 8 nitrogen and oxygen atoms in total. The number of halogens is 3. The van der Waals surface area contributed by atoms with Crippen LogP contribution in [0.15, 0.2) is 72.9 Å². The van der Waals surface area contributed by atoms with Crippen LogP contribution < -0.4 is 5.32 Å². The number of rotatable bonds is 9. The van der Waals surface area contributed by atoms with Gasteiger partial charge >= 0.3 is 12.1 Å². The van der Waals surface area contributed by atoms with E-state index in [0.717, 1.165) is 42.5 Å². The molecule has 226 valence electrons. The summed E-state index contributed by atoms with van der Waals surface area (Å²) < 4.78 is 41.7. The second-order valence-electron chi connectivity index (χ2n) is 11.4. The summed E-state index contributed by atoms with van der Waals surface area (Å²) >= 11 is 0. The number of imidazole rings is 1. The zero-order valence-electron chi connectivity index (χ0n) is 24.2. The molecule has 1 atom stereocenters. The minimum absolute atomic E-state index is 0.126. The number of nitrogens with zero attached hydrogens (tertiary/aromatic N) is 5. The lowest BCUT2D eigenvalue weighted by molar-refractivity contribution is -0.137.